The number of carboxylic acid groups (broad SMARTS) is 2. The van der Waals surface area contributed by atoms with Gasteiger partial charge in [-0.05, 0) is 13.8 Å². The number of hydrogen-bond donors (Lipinski definition) is 1. The molecule has 6 heteroatoms. The molecule has 0 spiro atoms. The standard InChI is InChI=1S/2C2H4O2.CH4O.Ba/c2*1-2(3)4;1-2;/h2*1H3,(H,3,4);2H,1H3;/q;;;+2/p-2. The minimum atomic E-state index is -1.08. The van der Waals surface area contributed by atoms with E-state index in [-0.39, 0.29) is 48.9 Å². The number of rotatable bonds is 0. The van der Waals surface area contributed by atoms with E-state index in [0.29, 0.717) is 0 Å². The third-order valence-electron chi connectivity index (χ3n) is 0. The summed E-state index contributed by atoms with van der Waals surface area (Å²) in [5.41, 5.74) is 0. The summed E-state index contributed by atoms with van der Waals surface area (Å²) < 4.78 is 0. The molecule has 0 rings (SSSR count). The fraction of sp³-hybridized carbons (Fsp3) is 0.600. The van der Waals surface area contributed by atoms with E-state index in [1.807, 2.05) is 0 Å². The minimum Gasteiger partial charge on any atom is -0.550 e. The Hall–Kier alpha value is 0.471. The molecule has 0 amide bonds. The summed E-state index contributed by atoms with van der Waals surface area (Å²) in [7, 11) is 1.00. The van der Waals surface area contributed by atoms with Gasteiger partial charge in [-0.15, -0.1) is 0 Å². The number of aliphatic hydroxyl groups excluding tert-OH is 1. The van der Waals surface area contributed by atoms with Crippen molar-refractivity contribution in [2.45, 2.75) is 13.8 Å². The van der Waals surface area contributed by atoms with Crippen LogP contribution >= 0.6 is 0 Å². The molecule has 0 aromatic rings. The Bertz CT molecular complexity index is 72.9. The van der Waals surface area contributed by atoms with Crippen LogP contribution in [0.1, 0.15) is 13.8 Å². The van der Waals surface area contributed by atoms with E-state index in [4.69, 9.17) is 24.9 Å². The Labute approximate surface area is 105 Å². The van der Waals surface area contributed by atoms with Crippen molar-refractivity contribution in [3.63, 3.8) is 0 Å². The maximum Gasteiger partial charge on any atom is 2.00 e. The van der Waals surface area contributed by atoms with Crippen LogP contribution in [0.4, 0.5) is 0 Å². The predicted molar refractivity (Wildman–Crippen MR) is 35.3 cm³/mol. The van der Waals surface area contributed by atoms with Crippen molar-refractivity contribution < 1.29 is 24.9 Å². The summed E-state index contributed by atoms with van der Waals surface area (Å²) in [5, 5.41) is 24.8. The summed E-state index contributed by atoms with van der Waals surface area (Å²) in [6.07, 6.45) is 0. The van der Waals surface area contributed by atoms with Crippen molar-refractivity contribution in [3.05, 3.63) is 0 Å². The second-order valence-corrected chi connectivity index (χ2v) is 0.983. The Morgan fingerprint density at radius 3 is 1.00 bits per heavy atom. The molecule has 0 heterocycles. The van der Waals surface area contributed by atoms with Gasteiger partial charge in [-0.25, -0.2) is 0 Å². The van der Waals surface area contributed by atoms with Gasteiger partial charge >= 0.3 is 48.9 Å². The summed E-state index contributed by atoms with van der Waals surface area (Å²) in [5.74, 6) is -2.17. The summed E-state index contributed by atoms with van der Waals surface area (Å²) >= 11 is 0. The number of carbonyl (C=O) groups excluding carboxylic acids is 2. The first-order chi connectivity index (χ1) is 4.46. The largest absolute Gasteiger partial charge is 2.00 e. The van der Waals surface area contributed by atoms with Crippen LogP contribution in [0.3, 0.4) is 0 Å². The monoisotopic (exact) mass is 288 g/mol. The zero-order valence-electron chi connectivity index (χ0n) is 6.79. The quantitative estimate of drug-likeness (QED) is 0.471. The van der Waals surface area contributed by atoms with Crippen LogP contribution in [0.2, 0.25) is 0 Å². The number of carbonyl (C=O) groups is 2. The smallest absolute Gasteiger partial charge is 0.550 e. The molecule has 0 aliphatic rings. The van der Waals surface area contributed by atoms with Crippen molar-refractivity contribution in [3.8, 4) is 0 Å². The molecule has 0 saturated heterocycles. The molecule has 0 unspecified atom stereocenters. The number of aliphatic carboxylic acids is 2. The average Bonchev–Trinajstić information content (AvgIpc) is 1.66. The van der Waals surface area contributed by atoms with Gasteiger partial charge in [-0.3, -0.25) is 0 Å². The van der Waals surface area contributed by atoms with Gasteiger partial charge in [0.2, 0.25) is 0 Å². The number of aliphatic hydroxyl groups is 1. The van der Waals surface area contributed by atoms with Crippen LogP contribution in [0.15, 0.2) is 0 Å². The van der Waals surface area contributed by atoms with Crippen molar-refractivity contribution in [1.82, 2.24) is 0 Å². The average molecular weight is 287 g/mol. The van der Waals surface area contributed by atoms with Gasteiger partial charge in [-0.2, -0.15) is 0 Å². The maximum absolute atomic E-state index is 8.89. The molecule has 1 N–H and O–H groups in total. The van der Waals surface area contributed by atoms with Crippen LogP contribution in [0, 0.1) is 0 Å². The number of hydrogen-bond acceptors (Lipinski definition) is 5. The molecule has 62 valence electrons. The molecule has 0 atom stereocenters. The fourth-order valence-corrected chi connectivity index (χ4v) is 0. The van der Waals surface area contributed by atoms with E-state index in [9.17, 15) is 0 Å². The van der Waals surface area contributed by atoms with Crippen molar-refractivity contribution in [1.29, 1.82) is 0 Å². The Balaban J connectivity index is -0.0000000339. The Kier molecular flexibility index (Phi) is 45.9. The molecule has 5 nitrogen and oxygen atoms in total. The van der Waals surface area contributed by atoms with Crippen molar-refractivity contribution in [2.75, 3.05) is 7.11 Å². The first kappa shape index (κ1) is 22.5. The predicted octanol–water partition coefficient (Wildman–Crippen LogP) is -3.26. The second-order valence-electron chi connectivity index (χ2n) is 0.983. The Morgan fingerprint density at radius 2 is 1.00 bits per heavy atom. The molecule has 0 bridgehead atoms. The first-order valence-corrected chi connectivity index (χ1v) is 2.26. The molecular formula is C5H10BaO5. The summed E-state index contributed by atoms with van der Waals surface area (Å²) in [4.78, 5) is 17.8. The zero-order chi connectivity index (χ0) is 9.15. The molecule has 0 radical (unpaired) electrons. The third-order valence-corrected chi connectivity index (χ3v) is 0. The summed E-state index contributed by atoms with van der Waals surface area (Å²) in [6.45, 7) is 1.94. The van der Waals surface area contributed by atoms with Gasteiger partial charge < -0.3 is 24.9 Å². The molecule has 11 heavy (non-hydrogen) atoms. The minimum absolute atomic E-state index is 0. The van der Waals surface area contributed by atoms with E-state index in [1.165, 1.54) is 0 Å². The zero-order valence-corrected chi connectivity index (χ0v) is 11.2. The molecule has 0 aliphatic carbocycles. The van der Waals surface area contributed by atoms with E-state index >= 15 is 0 Å². The van der Waals surface area contributed by atoms with Crippen LogP contribution in [-0.2, 0) is 9.59 Å². The molecule has 0 aliphatic heterocycles. The van der Waals surface area contributed by atoms with Gasteiger partial charge in [0, 0.05) is 19.0 Å². The topological polar surface area (TPSA) is 100 Å². The van der Waals surface area contributed by atoms with E-state index in [2.05, 4.69) is 0 Å². The SMILES string of the molecule is CC(=O)[O-].CC(=O)[O-].CO.[Ba+2]. The van der Waals surface area contributed by atoms with E-state index in [0.717, 1.165) is 21.0 Å². The second kappa shape index (κ2) is 22.4. The van der Waals surface area contributed by atoms with Gasteiger partial charge in [-0.1, -0.05) is 0 Å². The summed E-state index contributed by atoms with van der Waals surface area (Å²) in [6, 6.07) is 0. The van der Waals surface area contributed by atoms with E-state index in [1.54, 1.807) is 0 Å². The first-order valence-electron chi connectivity index (χ1n) is 2.26. The van der Waals surface area contributed by atoms with Crippen LogP contribution in [0.25, 0.3) is 0 Å². The van der Waals surface area contributed by atoms with Crippen LogP contribution in [0.5, 0.6) is 0 Å². The molecule has 0 aromatic carbocycles. The fourth-order valence-electron chi connectivity index (χ4n) is 0. The molecular weight excluding hydrogens is 277 g/mol. The number of carboxylic acids is 2. The molecule has 0 fully saturated rings. The normalized spacial score (nSPS) is 5.09. The van der Waals surface area contributed by atoms with Gasteiger partial charge in [0.15, 0.2) is 0 Å². The Morgan fingerprint density at radius 1 is 1.00 bits per heavy atom. The van der Waals surface area contributed by atoms with Gasteiger partial charge in [0.05, 0.1) is 0 Å². The van der Waals surface area contributed by atoms with Crippen molar-refractivity contribution in [2.24, 2.45) is 0 Å². The van der Waals surface area contributed by atoms with Gasteiger partial charge in [0.25, 0.3) is 0 Å². The molecule has 0 saturated carbocycles. The van der Waals surface area contributed by atoms with Crippen LogP contribution < -0.4 is 10.2 Å². The molecule has 0 aromatic heterocycles. The van der Waals surface area contributed by atoms with E-state index < -0.39 is 11.9 Å². The maximum atomic E-state index is 8.89. The van der Waals surface area contributed by atoms with Gasteiger partial charge in [0.1, 0.15) is 0 Å². The van der Waals surface area contributed by atoms with Crippen LogP contribution in [-0.4, -0.2) is 73.0 Å². The van der Waals surface area contributed by atoms with Crippen molar-refractivity contribution >= 4 is 60.8 Å². The third kappa shape index (κ3) is 3380.